The van der Waals surface area contributed by atoms with Crippen LogP contribution in [0.1, 0.15) is 21.5 Å². The molecule has 4 rings (SSSR count). The number of pyridine rings is 1. The molecule has 0 bridgehead atoms. The van der Waals surface area contributed by atoms with Crippen molar-refractivity contribution in [1.82, 2.24) is 20.1 Å². The van der Waals surface area contributed by atoms with Gasteiger partial charge in [-0.25, -0.2) is 4.98 Å². The highest BCUT2D eigenvalue weighted by atomic mass is 32.2. The van der Waals surface area contributed by atoms with Crippen LogP contribution in [0.3, 0.4) is 0 Å². The molecule has 0 aliphatic rings. The van der Waals surface area contributed by atoms with E-state index >= 15 is 0 Å². The third kappa shape index (κ3) is 5.39. The van der Waals surface area contributed by atoms with Gasteiger partial charge in [0.15, 0.2) is 0 Å². The molecule has 162 valence electrons. The number of halogens is 2. The minimum absolute atomic E-state index is 0.00283. The lowest BCUT2D eigenvalue weighted by Gasteiger charge is -2.09. The molecule has 2 aromatic heterocycles. The molecular weight excluding hydrogens is 430 g/mol. The van der Waals surface area contributed by atoms with Crippen molar-refractivity contribution in [1.29, 1.82) is 0 Å². The van der Waals surface area contributed by atoms with E-state index in [1.165, 1.54) is 12.3 Å². The molecule has 8 heteroatoms. The SMILES string of the molecule is O=C(NCc1cn(Cc2ccccc2)nc1-c1ccccc1)c1cccnc1SC(F)F. The molecule has 0 unspecified atom stereocenters. The van der Waals surface area contributed by atoms with E-state index in [0.29, 0.717) is 6.54 Å². The van der Waals surface area contributed by atoms with Gasteiger partial charge in [0.25, 0.3) is 11.7 Å². The zero-order valence-electron chi connectivity index (χ0n) is 17.0. The Hall–Kier alpha value is -3.52. The summed E-state index contributed by atoms with van der Waals surface area (Å²) in [6, 6.07) is 22.7. The van der Waals surface area contributed by atoms with E-state index in [9.17, 15) is 13.6 Å². The van der Waals surface area contributed by atoms with Gasteiger partial charge in [-0.05, 0) is 29.5 Å². The lowest BCUT2D eigenvalue weighted by Crippen LogP contribution is -2.24. The summed E-state index contributed by atoms with van der Waals surface area (Å²) in [5.41, 5.74) is 3.74. The first-order valence-corrected chi connectivity index (χ1v) is 10.8. The molecule has 5 nitrogen and oxygen atoms in total. The van der Waals surface area contributed by atoms with Crippen molar-refractivity contribution in [2.24, 2.45) is 0 Å². The number of alkyl halides is 2. The molecular formula is C24H20F2N4OS. The van der Waals surface area contributed by atoms with Crippen LogP contribution in [-0.4, -0.2) is 26.4 Å². The van der Waals surface area contributed by atoms with Crippen LogP contribution in [0.4, 0.5) is 8.78 Å². The second-order valence-corrected chi connectivity index (χ2v) is 7.95. The van der Waals surface area contributed by atoms with Crippen molar-refractivity contribution in [3.05, 3.63) is 102 Å². The standard InChI is InChI=1S/C24H20F2N4OS/c25-24(26)32-23-20(12-7-13-27-23)22(31)28-14-19-16-30(15-17-8-3-1-4-9-17)29-21(19)18-10-5-2-6-11-18/h1-13,16,24H,14-15H2,(H,28,31). The predicted molar refractivity (Wildman–Crippen MR) is 120 cm³/mol. The number of carbonyl (C=O) groups is 1. The van der Waals surface area contributed by atoms with Crippen molar-refractivity contribution in [2.75, 3.05) is 0 Å². The number of aromatic nitrogens is 3. The molecule has 0 saturated carbocycles. The first-order valence-electron chi connectivity index (χ1n) is 9.94. The second-order valence-electron chi connectivity index (χ2n) is 6.97. The van der Waals surface area contributed by atoms with Gasteiger partial charge >= 0.3 is 0 Å². The minimum atomic E-state index is -2.66. The molecule has 0 fully saturated rings. The fraction of sp³-hybridized carbons (Fsp3) is 0.125. The maximum atomic E-state index is 12.8. The fourth-order valence-electron chi connectivity index (χ4n) is 3.30. The molecule has 0 atom stereocenters. The Bertz CT molecular complexity index is 1180. The van der Waals surface area contributed by atoms with Crippen LogP contribution in [0.2, 0.25) is 0 Å². The number of benzene rings is 2. The highest BCUT2D eigenvalue weighted by Gasteiger charge is 2.18. The second kappa shape index (κ2) is 10.2. The Kier molecular flexibility index (Phi) is 6.91. The molecule has 2 heterocycles. The van der Waals surface area contributed by atoms with Crippen LogP contribution in [0.25, 0.3) is 11.3 Å². The van der Waals surface area contributed by atoms with E-state index in [1.807, 2.05) is 71.5 Å². The summed E-state index contributed by atoms with van der Waals surface area (Å²) < 4.78 is 27.5. The van der Waals surface area contributed by atoms with Crippen LogP contribution in [0.15, 0.2) is 90.2 Å². The smallest absolute Gasteiger partial charge is 0.290 e. The molecule has 0 aliphatic carbocycles. The predicted octanol–water partition coefficient (Wildman–Crippen LogP) is 5.24. The summed E-state index contributed by atoms with van der Waals surface area (Å²) >= 11 is 0.259. The molecule has 0 spiro atoms. The lowest BCUT2D eigenvalue weighted by atomic mass is 10.1. The number of carbonyl (C=O) groups excluding carboxylic acids is 1. The van der Waals surface area contributed by atoms with Crippen molar-refractivity contribution in [2.45, 2.75) is 23.9 Å². The van der Waals surface area contributed by atoms with Crippen LogP contribution in [-0.2, 0) is 13.1 Å². The highest BCUT2D eigenvalue weighted by molar-refractivity contribution is 7.99. The number of rotatable bonds is 8. The first-order chi connectivity index (χ1) is 15.6. The molecule has 32 heavy (non-hydrogen) atoms. The van der Waals surface area contributed by atoms with Crippen LogP contribution in [0.5, 0.6) is 0 Å². The van der Waals surface area contributed by atoms with Gasteiger partial charge in [-0.2, -0.15) is 13.9 Å². The summed E-state index contributed by atoms with van der Waals surface area (Å²) in [7, 11) is 0. The van der Waals surface area contributed by atoms with Gasteiger partial charge in [0.05, 0.1) is 17.8 Å². The summed E-state index contributed by atoms with van der Waals surface area (Å²) in [6.07, 6.45) is 3.29. The Labute approximate surface area is 188 Å². The van der Waals surface area contributed by atoms with E-state index in [0.717, 1.165) is 22.4 Å². The largest absolute Gasteiger partial charge is 0.348 e. The quantitative estimate of drug-likeness (QED) is 0.373. The lowest BCUT2D eigenvalue weighted by molar-refractivity contribution is 0.0947. The topological polar surface area (TPSA) is 59.8 Å². The Morgan fingerprint density at radius 1 is 1.00 bits per heavy atom. The summed E-state index contributed by atoms with van der Waals surface area (Å²) in [6.45, 7) is 0.790. The summed E-state index contributed by atoms with van der Waals surface area (Å²) in [4.78, 5) is 16.6. The zero-order valence-corrected chi connectivity index (χ0v) is 17.8. The molecule has 0 saturated heterocycles. The van der Waals surface area contributed by atoms with Gasteiger partial charge in [0, 0.05) is 30.1 Å². The molecule has 2 aromatic carbocycles. The number of hydrogen-bond acceptors (Lipinski definition) is 4. The van der Waals surface area contributed by atoms with Crippen LogP contribution < -0.4 is 5.32 Å². The van der Waals surface area contributed by atoms with Crippen molar-refractivity contribution in [3.8, 4) is 11.3 Å². The van der Waals surface area contributed by atoms with Gasteiger partial charge < -0.3 is 5.32 Å². The number of hydrogen-bond donors (Lipinski definition) is 1. The maximum absolute atomic E-state index is 12.8. The monoisotopic (exact) mass is 450 g/mol. The third-order valence-electron chi connectivity index (χ3n) is 4.73. The van der Waals surface area contributed by atoms with Gasteiger partial charge in [-0.1, -0.05) is 60.7 Å². The van der Waals surface area contributed by atoms with Crippen molar-refractivity contribution in [3.63, 3.8) is 0 Å². The minimum Gasteiger partial charge on any atom is -0.348 e. The molecule has 1 amide bonds. The molecule has 1 N–H and O–H groups in total. The zero-order chi connectivity index (χ0) is 22.3. The average molecular weight is 451 g/mol. The van der Waals surface area contributed by atoms with E-state index < -0.39 is 11.7 Å². The number of nitrogens with zero attached hydrogens (tertiary/aromatic N) is 3. The van der Waals surface area contributed by atoms with Gasteiger partial charge in [-0.3, -0.25) is 9.48 Å². The van der Waals surface area contributed by atoms with E-state index in [4.69, 9.17) is 5.10 Å². The Morgan fingerprint density at radius 2 is 1.72 bits per heavy atom. The van der Waals surface area contributed by atoms with E-state index in [2.05, 4.69) is 10.3 Å². The fourth-order valence-corrected chi connectivity index (χ4v) is 3.87. The van der Waals surface area contributed by atoms with Gasteiger partial charge in [0.2, 0.25) is 0 Å². The highest BCUT2D eigenvalue weighted by Crippen LogP contribution is 2.27. The molecule has 0 radical (unpaired) electrons. The van der Waals surface area contributed by atoms with Crippen LogP contribution in [0, 0.1) is 0 Å². The van der Waals surface area contributed by atoms with E-state index in [-0.39, 0.29) is 28.9 Å². The van der Waals surface area contributed by atoms with Gasteiger partial charge in [0.1, 0.15) is 5.03 Å². The first kappa shape index (κ1) is 21.7. The summed E-state index contributed by atoms with van der Waals surface area (Å²) in [5, 5.41) is 7.56. The normalized spacial score (nSPS) is 11.0. The number of amides is 1. The molecule has 4 aromatic rings. The Balaban J connectivity index is 1.57. The maximum Gasteiger partial charge on any atom is 0.290 e. The average Bonchev–Trinajstić information content (AvgIpc) is 3.21. The van der Waals surface area contributed by atoms with Crippen molar-refractivity contribution < 1.29 is 13.6 Å². The Morgan fingerprint density at radius 3 is 2.44 bits per heavy atom. The third-order valence-corrected chi connectivity index (χ3v) is 5.45. The summed E-state index contributed by atoms with van der Waals surface area (Å²) in [5.74, 6) is -3.12. The van der Waals surface area contributed by atoms with Crippen LogP contribution >= 0.6 is 11.8 Å². The number of nitrogens with one attached hydrogen (secondary N) is 1. The van der Waals surface area contributed by atoms with E-state index in [1.54, 1.807) is 6.07 Å². The van der Waals surface area contributed by atoms with Crippen molar-refractivity contribution >= 4 is 17.7 Å². The number of thioether (sulfide) groups is 1. The van der Waals surface area contributed by atoms with Gasteiger partial charge in [-0.15, -0.1) is 0 Å². The molecule has 0 aliphatic heterocycles.